The predicted molar refractivity (Wildman–Crippen MR) is 122 cm³/mol. The number of hydrogen-bond acceptors (Lipinski definition) is 5. The summed E-state index contributed by atoms with van der Waals surface area (Å²) in [7, 11) is 1.51. The van der Waals surface area contributed by atoms with E-state index in [9.17, 15) is 14.4 Å². The van der Waals surface area contributed by atoms with Gasteiger partial charge in [0.15, 0.2) is 11.5 Å². The molecule has 7 nitrogen and oxygen atoms in total. The molecule has 0 aliphatic carbocycles. The number of nitrogens with zero attached hydrogens (tertiary/aromatic N) is 1. The van der Waals surface area contributed by atoms with Gasteiger partial charge >= 0.3 is 6.03 Å². The quantitative estimate of drug-likeness (QED) is 0.333. The lowest BCUT2D eigenvalue weighted by Crippen LogP contribution is -2.54. The van der Waals surface area contributed by atoms with Gasteiger partial charge in [-0.05, 0) is 71.0 Å². The maximum Gasteiger partial charge on any atom is 0.335 e. The first kappa shape index (κ1) is 22.1. The largest absolute Gasteiger partial charge is 0.493 e. The van der Waals surface area contributed by atoms with E-state index in [-0.39, 0.29) is 11.3 Å². The first-order valence-electron chi connectivity index (χ1n) is 9.03. The first-order chi connectivity index (χ1) is 14.3. The molecule has 2 aromatic rings. The van der Waals surface area contributed by atoms with Gasteiger partial charge in [0.05, 0.1) is 23.0 Å². The molecule has 2 aromatic carbocycles. The Labute approximate surface area is 192 Å². The third kappa shape index (κ3) is 4.59. The second kappa shape index (κ2) is 9.48. The molecule has 0 radical (unpaired) electrons. The number of hydrogen-bond donors (Lipinski definition) is 1. The van der Waals surface area contributed by atoms with Gasteiger partial charge < -0.3 is 9.47 Å². The van der Waals surface area contributed by atoms with E-state index in [0.717, 1.165) is 14.9 Å². The second-order valence-electron chi connectivity index (χ2n) is 6.32. The maximum absolute atomic E-state index is 13.0. The minimum absolute atomic E-state index is 0.186. The van der Waals surface area contributed by atoms with E-state index in [0.29, 0.717) is 28.7 Å². The standard InChI is InChI=1S/C21H18ClIN2O5/c1-3-7-30-18-16(23)9-12(10-17(18)29-2)8-15-19(26)24-21(28)25(20(15)27)14-6-4-5-13(22)11-14/h4-6,8-11H,3,7H2,1-2H3,(H,24,26,28)/b15-8+. The lowest BCUT2D eigenvalue weighted by atomic mass is 10.1. The van der Waals surface area contributed by atoms with Crippen molar-refractivity contribution in [3.05, 3.63) is 56.1 Å². The number of amides is 4. The number of anilines is 1. The van der Waals surface area contributed by atoms with Crippen molar-refractivity contribution in [3.8, 4) is 11.5 Å². The molecule has 0 atom stereocenters. The highest BCUT2D eigenvalue weighted by Gasteiger charge is 2.37. The Balaban J connectivity index is 2.01. The van der Waals surface area contributed by atoms with Crippen molar-refractivity contribution < 1.29 is 23.9 Å². The summed E-state index contributed by atoms with van der Waals surface area (Å²) in [6.45, 7) is 2.53. The summed E-state index contributed by atoms with van der Waals surface area (Å²) in [5.74, 6) is -0.444. The number of methoxy groups -OCH3 is 1. The Bertz CT molecular complexity index is 1050. The molecule has 30 heavy (non-hydrogen) atoms. The van der Waals surface area contributed by atoms with Gasteiger partial charge in [0.2, 0.25) is 0 Å². The van der Waals surface area contributed by atoms with E-state index in [1.165, 1.54) is 19.3 Å². The van der Waals surface area contributed by atoms with Crippen LogP contribution >= 0.6 is 34.2 Å². The van der Waals surface area contributed by atoms with Crippen molar-refractivity contribution in [2.75, 3.05) is 18.6 Å². The minimum atomic E-state index is -0.833. The molecule has 1 aliphatic heterocycles. The number of nitrogens with one attached hydrogen (secondary N) is 1. The van der Waals surface area contributed by atoms with Crippen molar-refractivity contribution in [2.24, 2.45) is 0 Å². The fourth-order valence-corrected chi connectivity index (χ4v) is 3.81. The topological polar surface area (TPSA) is 84.9 Å². The summed E-state index contributed by atoms with van der Waals surface area (Å²) in [5, 5.41) is 2.55. The van der Waals surface area contributed by atoms with Crippen LogP contribution in [0.5, 0.6) is 11.5 Å². The minimum Gasteiger partial charge on any atom is -0.493 e. The third-order valence-corrected chi connectivity index (χ3v) is 5.22. The van der Waals surface area contributed by atoms with E-state index >= 15 is 0 Å². The lowest BCUT2D eigenvalue weighted by Gasteiger charge is -2.26. The SMILES string of the molecule is CCCOc1c(I)cc(/C=C2\C(=O)NC(=O)N(c3cccc(Cl)c3)C2=O)cc1OC. The molecule has 0 spiro atoms. The zero-order valence-electron chi connectivity index (χ0n) is 16.2. The summed E-state index contributed by atoms with van der Waals surface area (Å²) in [6, 6.07) is 8.86. The normalized spacial score (nSPS) is 15.4. The molecule has 9 heteroatoms. The van der Waals surface area contributed by atoms with Crippen LogP contribution in [0.1, 0.15) is 18.9 Å². The molecule has 0 bridgehead atoms. The van der Waals surface area contributed by atoms with E-state index in [4.69, 9.17) is 21.1 Å². The Morgan fingerprint density at radius 2 is 1.97 bits per heavy atom. The van der Waals surface area contributed by atoms with Crippen molar-refractivity contribution in [1.82, 2.24) is 5.32 Å². The van der Waals surface area contributed by atoms with E-state index in [1.54, 1.807) is 30.3 Å². The Morgan fingerprint density at radius 1 is 1.20 bits per heavy atom. The number of carbonyl (C=O) groups is 3. The molecule has 1 heterocycles. The van der Waals surface area contributed by atoms with Crippen molar-refractivity contribution >= 4 is 63.8 Å². The van der Waals surface area contributed by atoms with Crippen LogP contribution in [0.4, 0.5) is 10.5 Å². The average molecular weight is 541 g/mol. The van der Waals surface area contributed by atoms with Gasteiger partial charge in [0, 0.05) is 5.02 Å². The van der Waals surface area contributed by atoms with Crippen LogP contribution < -0.4 is 19.7 Å². The zero-order chi connectivity index (χ0) is 21.8. The van der Waals surface area contributed by atoms with Gasteiger partial charge in [-0.2, -0.15) is 0 Å². The molecule has 1 aliphatic rings. The predicted octanol–water partition coefficient (Wildman–Crippen LogP) is 4.41. The molecule has 4 amide bonds. The maximum atomic E-state index is 13.0. The monoisotopic (exact) mass is 540 g/mol. The lowest BCUT2D eigenvalue weighted by molar-refractivity contribution is -0.122. The molecule has 0 aromatic heterocycles. The Morgan fingerprint density at radius 3 is 2.63 bits per heavy atom. The number of urea groups is 1. The van der Waals surface area contributed by atoms with Gasteiger partial charge in [-0.25, -0.2) is 9.69 Å². The number of rotatable bonds is 6. The average Bonchev–Trinajstić information content (AvgIpc) is 2.70. The highest BCUT2D eigenvalue weighted by molar-refractivity contribution is 14.1. The third-order valence-electron chi connectivity index (χ3n) is 4.18. The smallest absolute Gasteiger partial charge is 0.335 e. The molecular weight excluding hydrogens is 523 g/mol. The molecule has 1 fully saturated rings. The van der Waals surface area contributed by atoms with Gasteiger partial charge in [0.1, 0.15) is 5.57 Å². The number of benzene rings is 2. The number of ether oxygens (including phenoxy) is 2. The van der Waals surface area contributed by atoms with Crippen LogP contribution in [0.3, 0.4) is 0 Å². The molecule has 0 unspecified atom stereocenters. The summed E-state index contributed by atoms with van der Waals surface area (Å²) >= 11 is 8.08. The van der Waals surface area contributed by atoms with E-state index in [2.05, 4.69) is 27.9 Å². The first-order valence-corrected chi connectivity index (χ1v) is 10.5. The molecule has 1 N–H and O–H groups in total. The molecule has 0 saturated carbocycles. The van der Waals surface area contributed by atoms with Crippen LogP contribution in [0.15, 0.2) is 42.0 Å². The number of halogens is 2. The summed E-state index contributed by atoms with van der Waals surface area (Å²) in [6.07, 6.45) is 2.25. The summed E-state index contributed by atoms with van der Waals surface area (Å²) < 4.78 is 11.9. The summed E-state index contributed by atoms with van der Waals surface area (Å²) in [5.41, 5.74) is 0.632. The molecular formula is C21H18ClIN2O5. The van der Waals surface area contributed by atoms with Gasteiger partial charge in [-0.1, -0.05) is 24.6 Å². The van der Waals surface area contributed by atoms with Crippen molar-refractivity contribution in [1.29, 1.82) is 0 Å². The highest BCUT2D eigenvalue weighted by Crippen LogP contribution is 2.35. The highest BCUT2D eigenvalue weighted by atomic mass is 127. The molecule has 3 rings (SSSR count). The molecule has 156 valence electrons. The Hall–Kier alpha value is -2.59. The van der Waals surface area contributed by atoms with Crippen LogP contribution in [-0.4, -0.2) is 31.6 Å². The van der Waals surface area contributed by atoms with Crippen LogP contribution in [-0.2, 0) is 9.59 Å². The van der Waals surface area contributed by atoms with Crippen molar-refractivity contribution in [3.63, 3.8) is 0 Å². The zero-order valence-corrected chi connectivity index (χ0v) is 19.1. The molecule has 1 saturated heterocycles. The fourth-order valence-electron chi connectivity index (χ4n) is 2.84. The second-order valence-corrected chi connectivity index (χ2v) is 7.92. The number of imide groups is 2. The van der Waals surface area contributed by atoms with E-state index < -0.39 is 17.8 Å². The van der Waals surface area contributed by atoms with Crippen LogP contribution in [0, 0.1) is 3.57 Å². The van der Waals surface area contributed by atoms with E-state index in [1.807, 2.05) is 6.92 Å². The van der Waals surface area contributed by atoms with Gasteiger partial charge in [-0.3, -0.25) is 14.9 Å². The number of barbiturate groups is 1. The van der Waals surface area contributed by atoms with Crippen LogP contribution in [0.25, 0.3) is 6.08 Å². The fraction of sp³-hybridized carbons (Fsp3) is 0.190. The Kier molecular flexibility index (Phi) is 6.99. The van der Waals surface area contributed by atoms with Gasteiger partial charge in [-0.15, -0.1) is 0 Å². The number of carbonyl (C=O) groups excluding carboxylic acids is 3. The summed E-state index contributed by atoms with van der Waals surface area (Å²) in [4.78, 5) is 38.5. The van der Waals surface area contributed by atoms with Crippen LogP contribution in [0.2, 0.25) is 5.02 Å². The van der Waals surface area contributed by atoms with Crippen molar-refractivity contribution in [2.45, 2.75) is 13.3 Å². The van der Waals surface area contributed by atoms with Gasteiger partial charge in [0.25, 0.3) is 11.8 Å².